The van der Waals surface area contributed by atoms with Gasteiger partial charge in [-0.15, -0.1) is 0 Å². The normalized spacial score (nSPS) is 12.5. The molecule has 0 fully saturated rings. The van der Waals surface area contributed by atoms with Gasteiger partial charge in [0.15, 0.2) is 0 Å². The molecule has 2 aromatic heterocycles. The van der Waals surface area contributed by atoms with Crippen LogP contribution in [0.2, 0.25) is 0 Å². The molecule has 24 heavy (non-hydrogen) atoms. The fourth-order valence-electron chi connectivity index (χ4n) is 2.70. The van der Waals surface area contributed by atoms with Gasteiger partial charge in [-0.05, 0) is 19.4 Å². The van der Waals surface area contributed by atoms with Crippen LogP contribution in [0.25, 0.3) is 5.65 Å². The van der Waals surface area contributed by atoms with Crippen molar-refractivity contribution in [2.24, 2.45) is 0 Å². The number of nitro groups is 1. The largest absolute Gasteiger partial charge is 0.387 e. The number of hydrogen-bond acceptors (Lipinski definition) is 5. The third-order valence-electron chi connectivity index (χ3n) is 3.88. The Morgan fingerprint density at radius 1 is 1.29 bits per heavy atom. The van der Waals surface area contributed by atoms with Crippen molar-refractivity contribution in [2.75, 3.05) is 0 Å². The highest BCUT2D eigenvalue weighted by Gasteiger charge is 2.16. The second-order valence-electron chi connectivity index (χ2n) is 5.66. The first-order valence-electron chi connectivity index (χ1n) is 7.36. The molecule has 0 aliphatic heterocycles. The molecule has 0 saturated heterocycles. The molecule has 3 aromatic rings. The molecule has 0 amide bonds. The van der Waals surface area contributed by atoms with E-state index in [1.54, 1.807) is 30.5 Å². The number of fused-ring (bicyclic) bond motifs is 1. The number of rotatable bonds is 4. The lowest BCUT2D eigenvalue weighted by Crippen LogP contribution is -2.21. The average Bonchev–Trinajstić information content (AvgIpc) is 2.93. The lowest BCUT2D eigenvalue weighted by Gasteiger charge is -2.17. The highest BCUT2D eigenvalue weighted by Crippen LogP contribution is 2.22. The van der Waals surface area contributed by atoms with Crippen LogP contribution >= 0.6 is 0 Å². The van der Waals surface area contributed by atoms with Crippen LogP contribution in [-0.4, -0.2) is 24.2 Å². The zero-order chi connectivity index (χ0) is 17.4. The highest BCUT2D eigenvalue weighted by atomic mass is 16.6. The Labute approximate surface area is 136 Å². The van der Waals surface area contributed by atoms with Crippen LogP contribution in [0.5, 0.6) is 0 Å². The number of aliphatic hydroxyl groups is 1. The molecule has 0 spiro atoms. The molecule has 0 saturated carbocycles. The van der Waals surface area contributed by atoms with Gasteiger partial charge in [0.1, 0.15) is 5.65 Å². The second-order valence-corrected chi connectivity index (χ2v) is 5.66. The van der Waals surface area contributed by atoms with Crippen molar-refractivity contribution in [1.82, 2.24) is 14.2 Å². The first kappa shape index (κ1) is 15.9. The minimum atomic E-state index is -0.954. The smallest absolute Gasteiger partial charge is 0.274 e. The topological polar surface area (TPSA) is 103 Å². The number of aromatic nitrogens is 3. The number of benzene rings is 1. The van der Waals surface area contributed by atoms with Gasteiger partial charge in [0.05, 0.1) is 23.3 Å². The van der Waals surface area contributed by atoms with Crippen LogP contribution in [-0.2, 0) is 6.54 Å². The summed E-state index contributed by atoms with van der Waals surface area (Å²) in [4.78, 5) is 22.4. The monoisotopic (exact) mass is 328 g/mol. The van der Waals surface area contributed by atoms with Gasteiger partial charge in [-0.2, -0.15) is 9.61 Å². The molecule has 2 heterocycles. The number of nitrogens with zero attached hydrogens (tertiary/aromatic N) is 4. The lowest BCUT2D eigenvalue weighted by atomic mass is 10.1. The average molecular weight is 328 g/mol. The number of aryl methyl sites for hydroxylation is 2. The van der Waals surface area contributed by atoms with Gasteiger partial charge in [-0.25, -0.2) is 0 Å². The fourth-order valence-corrected chi connectivity index (χ4v) is 2.70. The fraction of sp³-hybridized carbons (Fsp3) is 0.250. The maximum absolute atomic E-state index is 12.0. The Kier molecular flexibility index (Phi) is 3.90. The van der Waals surface area contributed by atoms with E-state index in [0.29, 0.717) is 22.6 Å². The Hall–Kier alpha value is -3.00. The van der Waals surface area contributed by atoms with Gasteiger partial charge in [-0.3, -0.25) is 14.9 Å². The van der Waals surface area contributed by atoms with Gasteiger partial charge in [0.25, 0.3) is 11.2 Å². The lowest BCUT2D eigenvalue weighted by molar-refractivity contribution is -0.385. The summed E-state index contributed by atoms with van der Waals surface area (Å²) in [5.74, 6) is 0. The summed E-state index contributed by atoms with van der Waals surface area (Å²) in [6, 6.07) is 9.09. The summed E-state index contributed by atoms with van der Waals surface area (Å²) in [6.45, 7) is 3.70. The maximum atomic E-state index is 12.0. The minimum absolute atomic E-state index is 0.0754. The molecule has 0 bridgehead atoms. The first-order valence-corrected chi connectivity index (χ1v) is 7.36. The van der Waals surface area contributed by atoms with E-state index in [9.17, 15) is 20.0 Å². The van der Waals surface area contributed by atoms with Gasteiger partial charge in [-0.1, -0.05) is 12.1 Å². The standard InChI is InChI=1S/C16H16N4O4/c1-10-6-15-18(11(2)7-16(22)19(15)17-10)9-14(21)12-4-3-5-13(8-12)20(23)24/h3-8,14,21H,9H2,1-2H3. The van der Waals surface area contributed by atoms with E-state index in [1.165, 1.54) is 28.8 Å². The summed E-state index contributed by atoms with van der Waals surface area (Å²) >= 11 is 0. The van der Waals surface area contributed by atoms with E-state index < -0.39 is 11.0 Å². The number of nitro benzene ring substituents is 1. The quantitative estimate of drug-likeness (QED) is 0.580. The Morgan fingerprint density at radius 2 is 2.04 bits per heavy atom. The zero-order valence-electron chi connectivity index (χ0n) is 13.2. The molecule has 3 rings (SSSR count). The van der Waals surface area contributed by atoms with Crippen LogP contribution < -0.4 is 5.56 Å². The number of hydrogen-bond donors (Lipinski definition) is 1. The van der Waals surface area contributed by atoms with Crippen molar-refractivity contribution in [2.45, 2.75) is 26.5 Å². The van der Waals surface area contributed by atoms with E-state index in [4.69, 9.17) is 0 Å². The Bertz CT molecular complexity index is 989. The van der Waals surface area contributed by atoms with Crippen molar-refractivity contribution in [3.63, 3.8) is 0 Å². The highest BCUT2D eigenvalue weighted by molar-refractivity contribution is 5.42. The number of non-ortho nitro benzene ring substituents is 1. The molecule has 0 aliphatic carbocycles. The molecular formula is C16H16N4O4. The van der Waals surface area contributed by atoms with Crippen molar-refractivity contribution in [3.05, 3.63) is 73.8 Å². The molecule has 1 N–H and O–H groups in total. The molecular weight excluding hydrogens is 312 g/mol. The minimum Gasteiger partial charge on any atom is -0.387 e. The zero-order valence-corrected chi connectivity index (χ0v) is 13.2. The van der Waals surface area contributed by atoms with Crippen LogP contribution in [0, 0.1) is 24.0 Å². The van der Waals surface area contributed by atoms with Gasteiger partial charge < -0.3 is 9.67 Å². The summed E-state index contributed by atoms with van der Waals surface area (Å²) in [5.41, 5.74) is 2.07. The second kappa shape index (κ2) is 5.89. The molecule has 124 valence electrons. The van der Waals surface area contributed by atoms with Crippen molar-refractivity contribution in [3.8, 4) is 0 Å². The van der Waals surface area contributed by atoms with Crippen LogP contribution in [0.3, 0.4) is 0 Å². The Morgan fingerprint density at radius 3 is 2.75 bits per heavy atom. The molecule has 1 atom stereocenters. The van der Waals surface area contributed by atoms with Crippen LogP contribution in [0.1, 0.15) is 23.1 Å². The molecule has 1 unspecified atom stereocenters. The molecule has 8 nitrogen and oxygen atoms in total. The summed E-state index contributed by atoms with van der Waals surface area (Å²) in [5, 5.41) is 25.5. The van der Waals surface area contributed by atoms with E-state index in [1.807, 2.05) is 0 Å². The van der Waals surface area contributed by atoms with Gasteiger partial charge >= 0.3 is 0 Å². The number of aliphatic hydroxyl groups excluding tert-OH is 1. The summed E-state index contributed by atoms with van der Waals surface area (Å²) < 4.78 is 3.05. The van der Waals surface area contributed by atoms with Crippen LogP contribution in [0.4, 0.5) is 5.69 Å². The maximum Gasteiger partial charge on any atom is 0.274 e. The molecule has 0 aliphatic rings. The van der Waals surface area contributed by atoms with E-state index in [2.05, 4.69) is 5.10 Å². The van der Waals surface area contributed by atoms with Crippen molar-refractivity contribution >= 4 is 11.3 Å². The van der Waals surface area contributed by atoms with Gasteiger partial charge in [0.2, 0.25) is 0 Å². The SMILES string of the molecule is Cc1cc2n(CC(O)c3cccc([N+](=O)[O-])c3)c(C)cc(=O)n2n1. The van der Waals surface area contributed by atoms with Crippen molar-refractivity contribution < 1.29 is 10.0 Å². The third-order valence-corrected chi connectivity index (χ3v) is 3.88. The molecule has 0 radical (unpaired) electrons. The van der Waals surface area contributed by atoms with Crippen molar-refractivity contribution in [1.29, 1.82) is 0 Å². The first-order chi connectivity index (χ1) is 11.4. The predicted molar refractivity (Wildman–Crippen MR) is 87.0 cm³/mol. The van der Waals surface area contributed by atoms with E-state index in [-0.39, 0.29) is 17.8 Å². The van der Waals surface area contributed by atoms with Crippen LogP contribution in [0.15, 0.2) is 41.2 Å². The predicted octanol–water partition coefficient (Wildman–Crippen LogP) is 1.75. The third kappa shape index (κ3) is 2.79. The van der Waals surface area contributed by atoms with E-state index >= 15 is 0 Å². The molecule has 8 heteroatoms. The van der Waals surface area contributed by atoms with Gasteiger partial charge in [0, 0.05) is 30.0 Å². The summed E-state index contributed by atoms with van der Waals surface area (Å²) in [6.07, 6.45) is -0.954. The van der Waals surface area contributed by atoms with E-state index in [0.717, 1.165) is 0 Å². The summed E-state index contributed by atoms with van der Waals surface area (Å²) in [7, 11) is 0. The Balaban J connectivity index is 2.02. The molecule has 1 aromatic carbocycles.